The van der Waals surface area contributed by atoms with Gasteiger partial charge in [-0.15, -0.1) is 0 Å². The standard InChI is InChI=1S/C67H130O17P2/c1-9-59(7)45-37-29-19-17-15-13-11-12-14-16-18-20-33-41-49-66(71)83-62(53-77-64(69)47-39-31-24-21-27-35-43-57(3)4)55-81-85(73,74)79-51-61(68)52-80-86(75,76)82-56-63(54-78-65(70)48-40-32-25-22-28-36-44-58(5)6)84-67(72)50-42-34-26-23-30-38-46-60(8)10-2/h57-63,68H,9-56H2,1-8H3,(H,73,74)(H,75,76)/t59?,60?,61-,62+,63+/m0/s1. The molecule has 4 unspecified atom stereocenters. The molecule has 0 aromatic rings. The number of carbonyl (C=O) groups is 4. The van der Waals surface area contributed by atoms with Gasteiger partial charge in [0.05, 0.1) is 26.4 Å². The van der Waals surface area contributed by atoms with Gasteiger partial charge in [-0.1, -0.05) is 274 Å². The second kappa shape index (κ2) is 57.0. The molecular formula is C67H130O17P2. The molecule has 510 valence electrons. The fourth-order valence-electron chi connectivity index (χ4n) is 9.89. The zero-order valence-electron chi connectivity index (χ0n) is 55.9. The Balaban J connectivity index is 5.19. The van der Waals surface area contributed by atoms with Gasteiger partial charge in [-0.3, -0.25) is 37.3 Å². The lowest BCUT2D eigenvalue weighted by molar-refractivity contribution is -0.161. The molecule has 0 fully saturated rings. The lowest BCUT2D eigenvalue weighted by Crippen LogP contribution is -2.30. The van der Waals surface area contributed by atoms with Gasteiger partial charge in [0.25, 0.3) is 0 Å². The van der Waals surface area contributed by atoms with Crippen LogP contribution in [0.2, 0.25) is 0 Å². The van der Waals surface area contributed by atoms with Crippen LogP contribution in [-0.2, 0) is 65.4 Å². The number of hydrogen-bond donors (Lipinski definition) is 3. The van der Waals surface area contributed by atoms with Gasteiger partial charge in [0, 0.05) is 25.7 Å². The zero-order valence-corrected chi connectivity index (χ0v) is 57.7. The molecule has 0 saturated heterocycles. The highest BCUT2D eigenvalue weighted by atomic mass is 31.2. The highest BCUT2D eigenvalue weighted by Crippen LogP contribution is 2.45. The molecule has 0 aromatic heterocycles. The van der Waals surface area contributed by atoms with E-state index in [1.807, 2.05) is 0 Å². The van der Waals surface area contributed by atoms with Gasteiger partial charge in [0.2, 0.25) is 0 Å². The summed E-state index contributed by atoms with van der Waals surface area (Å²) in [5, 5.41) is 10.5. The van der Waals surface area contributed by atoms with Gasteiger partial charge in [-0.2, -0.15) is 0 Å². The molecule has 7 atom stereocenters. The first-order valence-corrected chi connectivity index (χ1v) is 37.8. The van der Waals surface area contributed by atoms with E-state index in [2.05, 4.69) is 55.4 Å². The first-order valence-electron chi connectivity index (χ1n) is 34.8. The number of unbranched alkanes of at least 4 members (excludes halogenated alkanes) is 28. The number of phosphoric ester groups is 2. The van der Waals surface area contributed by atoms with Gasteiger partial charge >= 0.3 is 39.5 Å². The second-order valence-electron chi connectivity index (χ2n) is 25.6. The van der Waals surface area contributed by atoms with Crippen molar-refractivity contribution in [1.82, 2.24) is 0 Å². The molecule has 0 spiro atoms. The van der Waals surface area contributed by atoms with E-state index in [0.717, 1.165) is 115 Å². The fraction of sp³-hybridized carbons (Fsp3) is 0.940. The predicted octanol–water partition coefficient (Wildman–Crippen LogP) is 18.5. The van der Waals surface area contributed by atoms with Crippen LogP contribution in [0.15, 0.2) is 0 Å². The summed E-state index contributed by atoms with van der Waals surface area (Å²) in [5.74, 6) is 0.784. The Labute approximate surface area is 524 Å². The maximum absolute atomic E-state index is 13.0. The molecule has 0 radical (unpaired) electrons. The van der Waals surface area contributed by atoms with Crippen LogP contribution >= 0.6 is 15.6 Å². The average Bonchev–Trinajstić information content (AvgIpc) is 3.69. The van der Waals surface area contributed by atoms with Crippen LogP contribution in [0.4, 0.5) is 0 Å². The van der Waals surface area contributed by atoms with Crippen molar-refractivity contribution in [3.05, 3.63) is 0 Å². The van der Waals surface area contributed by atoms with Crippen molar-refractivity contribution in [3.63, 3.8) is 0 Å². The first-order chi connectivity index (χ1) is 41.2. The Morgan fingerprint density at radius 3 is 0.826 bits per heavy atom. The van der Waals surface area contributed by atoms with Gasteiger partial charge in [0.1, 0.15) is 19.3 Å². The van der Waals surface area contributed by atoms with Crippen LogP contribution in [-0.4, -0.2) is 96.7 Å². The third kappa shape index (κ3) is 58.4. The van der Waals surface area contributed by atoms with Gasteiger partial charge in [-0.05, 0) is 49.4 Å². The third-order valence-electron chi connectivity index (χ3n) is 16.0. The van der Waals surface area contributed by atoms with E-state index in [9.17, 15) is 43.2 Å². The van der Waals surface area contributed by atoms with Crippen LogP contribution in [0.1, 0.15) is 325 Å². The van der Waals surface area contributed by atoms with Crippen LogP contribution in [0.5, 0.6) is 0 Å². The number of carbonyl (C=O) groups excluding carboxylic acids is 4. The molecule has 0 heterocycles. The Morgan fingerprint density at radius 2 is 0.558 bits per heavy atom. The zero-order chi connectivity index (χ0) is 63.9. The number of aliphatic hydroxyl groups excluding tert-OH is 1. The van der Waals surface area contributed by atoms with E-state index in [0.29, 0.717) is 37.5 Å². The maximum atomic E-state index is 13.0. The van der Waals surface area contributed by atoms with Crippen molar-refractivity contribution in [2.24, 2.45) is 23.7 Å². The molecule has 0 bridgehead atoms. The number of aliphatic hydroxyl groups is 1. The lowest BCUT2D eigenvalue weighted by Gasteiger charge is -2.21. The molecule has 0 rings (SSSR count). The third-order valence-corrected chi connectivity index (χ3v) is 17.9. The monoisotopic (exact) mass is 1270 g/mol. The quantitative estimate of drug-likeness (QED) is 0.0222. The topological polar surface area (TPSA) is 237 Å². The number of esters is 4. The van der Waals surface area contributed by atoms with Crippen molar-refractivity contribution in [2.75, 3.05) is 39.6 Å². The van der Waals surface area contributed by atoms with Crippen molar-refractivity contribution < 1.29 is 80.2 Å². The largest absolute Gasteiger partial charge is 0.472 e. The van der Waals surface area contributed by atoms with E-state index in [1.54, 1.807) is 0 Å². The average molecular weight is 1270 g/mol. The number of hydrogen-bond acceptors (Lipinski definition) is 15. The summed E-state index contributed by atoms with van der Waals surface area (Å²) >= 11 is 0. The first kappa shape index (κ1) is 84.1. The highest BCUT2D eigenvalue weighted by Gasteiger charge is 2.30. The van der Waals surface area contributed by atoms with E-state index in [4.69, 9.17) is 37.0 Å². The molecule has 86 heavy (non-hydrogen) atoms. The summed E-state index contributed by atoms with van der Waals surface area (Å²) in [6.45, 7) is 14.0. The minimum atomic E-state index is -4.95. The van der Waals surface area contributed by atoms with Crippen molar-refractivity contribution in [3.8, 4) is 0 Å². The van der Waals surface area contributed by atoms with E-state index in [1.165, 1.54) is 116 Å². The van der Waals surface area contributed by atoms with Crippen LogP contribution in [0.3, 0.4) is 0 Å². The molecule has 0 aliphatic heterocycles. The minimum absolute atomic E-state index is 0.101. The normalized spacial score (nSPS) is 15.0. The van der Waals surface area contributed by atoms with Crippen molar-refractivity contribution >= 4 is 39.5 Å². The molecule has 0 saturated carbocycles. The lowest BCUT2D eigenvalue weighted by atomic mass is 9.99. The predicted molar refractivity (Wildman–Crippen MR) is 344 cm³/mol. The van der Waals surface area contributed by atoms with Crippen molar-refractivity contribution in [1.29, 1.82) is 0 Å². The van der Waals surface area contributed by atoms with E-state index in [-0.39, 0.29) is 25.7 Å². The van der Waals surface area contributed by atoms with E-state index < -0.39 is 97.5 Å². The number of ether oxygens (including phenoxy) is 4. The van der Waals surface area contributed by atoms with Gasteiger partial charge in [-0.25, -0.2) is 9.13 Å². The Morgan fingerprint density at radius 1 is 0.326 bits per heavy atom. The van der Waals surface area contributed by atoms with Crippen LogP contribution in [0.25, 0.3) is 0 Å². The summed E-state index contributed by atoms with van der Waals surface area (Å²) in [7, 11) is -9.89. The molecule has 3 N–H and O–H groups in total. The van der Waals surface area contributed by atoms with Gasteiger partial charge < -0.3 is 33.8 Å². The molecular weight excluding hydrogens is 1140 g/mol. The smallest absolute Gasteiger partial charge is 0.462 e. The molecule has 0 aromatic carbocycles. The highest BCUT2D eigenvalue weighted by molar-refractivity contribution is 7.47. The summed E-state index contributed by atoms with van der Waals surface area (Å²) in [6.07, 6.45) is 37.9. The summed E-state index contributed by atoms with van der Waals surface area (Å²) in [5.41, 5.74) is 0. The minimum Gasteiger partial charge on any atom is -0.462 e. The van der Waals surface area contributed by atoms with Crippen molar-refractivity contribution in [2.45, 2.75) is 343 Å². The molecule has 0 aliphatic rings. The summed E-state index contributed by atoms with van der Waals surface area (Å²) < 4.78 is 68.0. The summed E-state index contributed by atoms with van der Waals surface area (Å²) in [4.78, 5) is 72.3. The Kier molecular flexibility index (Phi) is 55.7. The molecule has 0 amide bonds. The molecule has 0 aliphatic carbocycles. The van der Waals surface area contributed by atoms with Gasteiger partial charge in [0.15, 0.2) is 12.2 Å². The number of rotatable bonds is 64. The SMILES string of the molecule is CCC(C)CCCCCCCCCCCCCCCCC(=O)O[C@H](COC(=O)CCCCCCCCC(C)C)COP(=O)(O)OC[C@H](O)COP(=O)(O)OC[C@@H](COC(=O)CCCCCCCCC(C)C)OC(=O)CCCCCCCCC(C)CC. The summed E-state index contributed by atoms with van der Waals surface area (Å²) in [6, 6.07) is 0. The Bertz CT molecular complexity index is 1720. The van der Waals surface area contributed by atoms with Crippen LogP contribution in [0, 0.1) is 23.7 Å². The molecule has 19 heteroatoms. The van der Waals surface area contributed by atoms with E-state index >= 15 is 0 Å². The van der Waals surface area contributed by atoms with Crippen LogP contribution < -0.4 is 0 Å². The number of phosphoric acid groups is 2. The molecule has 17 nitrogen and oxygen atoms in total. The fourth-order valence-corrected chi connectivity index (χ4v) is 11.5. The maximum Gasteiger partial charge on any atom is 0.472 e. The second-order valence-corrected chi connectivity index (χ2v) is 28.6. The Hall–Kier alpha value is -1.94.